The fraction of sp³-hybridized carbons (Fsp3) is 0.308. The van der Waals surface area contributed by atoms with E-state index >= 15 is 0 Å². The van der Waals surface area contributed by atoms with Crippen LogP contribution in [0.5, 0.6) is 5.75 Å². The molecule has 1 aromatic carbocycles. The molecule has 3 nitrogen and oxygen atoms in total. The van der Waals surface area contributed by atoms with E-state index in [4.69, 9.17) is 4.74 Å². The van der Waals surface area contributed by atoms with Gasteiger partial charge in [-0.05, 0) is 12.8 Å². The van der Waals surface area contributed by atoms with Crippen molar-refractivity contribution in [3.05, 3.63) is 48.1 Å². The summed E-state index contributed by atoms with van der Waals surface area (Å²) in [7, 11) is 1.92. The van der Waals surface area contributed by atoms with E-state index in [1.54, 1.807) is 12.5 Å². The minimum Gasteiger partial charge on any atom is -0.493 e. The summed E-state index contributed by atoms with van der Waals surface area (Å²) in [4.78, 5) is 4.00. The van der Waals surface area contributed by atoms with Gasteiger partial charge in [0, 0.05) is 37.1 Å². The molecule has 0 amide bonds. The molecule has 96 valence electrons. The molecule has 1 aromatic heterocycles. The smallest absolute Gasteiger partial charge is 0.129 e. The van der Waals surface area contributed by atoms with Crippen molar-refractivity contribution in [1.82, 2.24) is 9.55 Å². The minimum atomic E-state index is -0.628. The zero-order valence-corrected chi connectivity index (χ0v) is 10.1. The van der Waals surface area contributed by atoms with Gasteiger partial charge in [-0.1, -0.05) is 0 Å². The number of rotatable bonds is 5. The van der Waals surface area contributed by atoms with E-state index in [-0.39, 0.29) is 5.75 Å². The summed E-state index contributed by atoms with van der Waals surface area (Å²) in [5.41, 5.74) is 1.10. The van der Waals surface area contributed by atoms with Gasteiger partial charge in [-0.3, -0.25) is 0 Å². The lowest BCUT2D eigenvalue weighted by Gasteiger charge is -2.06. The number of benzene rings is 1. The molecule has 0 radical (unpaired) electrons. The molecule has 0 aliphatic rings. The van der Waals surface area contributed by atoms with Gasteiger partial charge in [0.05, 0.1) is 12.9 Å². The molecule has 0 atom stereocenters. The van der Waals surface area contributed by atoms with E-state index in [9.17, 15) is 8.78 Å². The number of imidazole rings is 1. The zero-order valence-electron chi connectivity index (χ0n) is 10.1. The highest BCUT2D eigenvalue weighted by molar-refractivity contribution is 5.23. The molecule has 2 rings (SSSR count). The molecule has 0 fully saturated rings. The monoisotopic (exact) mass is 252 g/mol. The third-order valence-corrected chi connectivity index (χ3v) is 2.60. The third kappa shape index (κ3) is 3.29. The lowest BCUT2D eigenvalue weighted by Crippen LogP contribution is -2.02. The van der Waals surface area contributed by atoms with Crippen LogP contribution in [0.25, 0.3) is 0 Å². The van der Waals surface area contributed by atoms with Crippen LogP contribution in [0, 0.1) is 11.6 Å². The highest BCUT2D eigenvalue weighted by Crippen LogP contribution is 2.15. The van der Waals surface area contributed by atoms with Gasteiger partial charge in [0.1, 0.15) is 17.4 Å². The Morgan fingerprint density at radius 1 is 1.22 bits per heavy atom. The van der Waals surface area contributed by atoms with Gasteiger partial charge >= 0.3 is 0 Å². The van der Waals surface area contributed by atoms with Crippen LogP contribution in [0.2, 0.25) is 0 Å². The summed E-state index contributed by atoms with van der Waals surface area (Å²) < 4.78 is 33.0. The van der Waals surface area contributed by atoms with Crippen LogP contribution in [0.1, 0.15) is 12.1 Å². The van der Waals surface area contributed by atoms with Crippen LogP contribution in [0.15, 0.2) is 30.7 Å². The number of aryl methyl sites for hydroxylation is 2. The van der Waals surface area contributed by atoms with Crippen LogP contribution in [0.3, 0.4) is 0 Å². The highest BCUT2D eigenvalue weighted by atomic mass is 19.1. The normalized spacial score (nSPS) is 10.6. The van der Waals surface area contributed by atoms with E-state index in [0.29, 0.717) is 6.61 Å². The van der Waals surface area contributed by atoms with Crippen molar-refractivity contribution >= 4 is 0 Å². The SMILES string of the molecule is Cn1cncc1CCCOc1cc(F)cc(F)c1. The molecule has 2 aromatic rings. The van der Waals surface area contributed by atoms with E-state index < -0.39 is 11.6 Å². The number of halogens is 2. The van der Waals surface area contributed by atoms with Crippen molar-refractivity contribution in [2.45, 2.75) is 12.8 Å². The summed E-state index contributed by atoms with van der Waals surface area (Å²) in [6.07, 6.45) is 5.10. The van der Waals surface area contributed by atoms with Gasteiger partial charge in [-0.15, -0.1) is 0 Å². The van der Waals surface area contributed by atoms with Crippen LogP contribution in [-0.2, 0) is 13.5 Å². The quantitative estimate of drug-likeness (QED) is 0.765. The van der Waals surface area contributed by atoms with Crippen molar-refractivity contribution in [2.75, 3.05) is 6.61 Å². The molecular formula is C13H14F2N2O. The molecule has 0 unspecified atom stereocenters. The lowest BCUT2D eigenvalue weighted by molar-refractivity contribution is 0.306. The van der Waals surface area contributed by atoms with E-state index in [0.717, 1.165) is 24.6 Å². The Hall–Kier alpha value is -1.91. The first-order chi connectivity index (χ1) is 8.65. The Morgan fingerprint density at radius 3 is 2.56 bits per heavy atom. The molecule has 18 heavy (non-hydrogen) atoms. The maximum absolute atomic E-state index is 12.9. The highest BCUT2D eigenvalue weighted by Gasteiger charge is 2.02. The van der Waals surface area contributed by atoms with E-state index in [1.165, 1.54) is 12.1 Å². The lowest BCUT2D eigenvalue weighted by atomic mass is 10.2. The fourth-order valence-electron chi connectivity index (χ4n) is 1.68. The minimum absolute atomic E-state index is 0.220. The summed E-state index contributed by atoms with van der Waals surface area (Å²) in [5.74, 6) is -1.04. The van der Waals surface area contributed by atoms with Crippen molar-refractivity contribution in [1.29, 1.82) is 0 Å². The van der Waals surface area contributed by atoms with E-state index in [1.807, 2.05) is 11.6 Å². The second-order valence-electron chi connectivity index (χ2n) is 4.05. The first-order valence-corrected chi connectivity index (χ1v) is 5.69. The second-order valence-corrected chi connectivity index (χ2v) is 4.05. The molecule has 0 spiro atoms. The predicted octanol–water partition coefficient (Wildman–Crippen LogP) is 2.71. The largest absolute Gasteiger partial charge is 0.493 e. The first kappa shape index (κ1) is 12.5. The average Bonchev–Trinajstić information content (AvgIpc) is 2.69. The fourth-order valence-corrected chi connectivity index (χ4v) is 1.68. The molecule has 0 aliphatic carbocycles. The van der Waals surface area contributed by atoms with Gasteiger partial charge in [-0.25, -0.2) is 13.8 Å². The molecule has 0 bridgehead atoms. The Labute approximate surface area is 104 Å². The van der Waals surface area contributed by atoms with Gasteiger partial charge < -0.3 is 9.30 Å². The Kier molecular flexibility index (Phi) is 3.92. The maximum Gasteiger partial charge on any atom is 0.129 e. The molecule has 0 saturated heterocycles. The van der Waals surface area contributed by atoms with Crippen LogP contribution >= 0.6 is 0 Å². The first-order valence-electron chi connectivity index (χ1n) is 5.69. The summed E-state index contributed by atoms with van der Waals surface area (Å²) >= 11 is 0. The van der Waals surface area contributed by atoms with Gasteiger partial charge in [0.25, 0.3) is 0 Å². The molecule has 0 aliphatic heterocycles. The Bertz CT molecular complexity index is 505. The number of hydrogen-bond acceptors (Lipinski definition) is 2. The van der Waals surface area contributed by atoms with E-state index in [2.05, 4.69) is 4.98 Å². The van der Waals surface area contributed by atoms with Crippen molar-refractivity contribution in [2.24, 2.45) is 7.05 Å². The number of nitrogens with zero attached hydrogens (tertiary/aromatic N) is 2. The number of hydrogen-bond donors (Lipinski definition) is 0. The third-order valence-electron chi connectivity index (χ3n) is 2.60. The summed E-state index contributed by atoms with van der Waals surface area (Å²) in [6.45, 7) is 0.411. The van der Waals surface area contributed by atoms with Crippen molar-refractivity contribution in [3.8, 4) is 5.75 Å². The molecule has 5 heteroatoms. The average molecular weight is 252 g/mol. The summed E-state index contributed by atoms with van der Waals surface area (Å²) in [6, 6.07) is 3.17. The standard InChI is InChI=1S/C13H14F2N2O/c1-17-9-16-8-12(17)3-2-4-18-13-6-10(14)5-11(15)7-13/h5-9H,2-4H2,1H3. The predicted molar refractivity (Wildman–Crippen MR) is 63.4 cm³/mol. The van der Waals surface area contributed by atoms with Gasteiger partial charge in [-0.2, -0.15) is 0 Å². The topological polar surface area (TPSA) is 27.1 Å². The molecular weight excluding hydrogens is 238 g/mol. The number of aromatic nitrogens is 2. The molecule has 0 saturated carbocycles. The maximum atomic E-state index is 12.9. The Balaban J connectivity index is 1.80. The van der Waals surface area contributed by atoms with Crippen molar-refractivity contribution < 1.29 is 13.5 Å². The van der Waals surface area contributed by atoms with Crippen LogP contribution in [0.4, 0.5) is 8.78 Å². The zero-order chi connectivity index (χ0) is 13.0. The molecule has 0 N–H and O–H groups in total. The van der Waals surface area contributed by atoms with Crippen LogP contribution in [-0.4, -0.2) is 16.2 Å². The molecule has 1 heterocycles. The van der Waals surface area contributed by atoms with Gasteiger partial charge in [0.15, 0.2) is 0 Å². The van der Waals surface area contributed by atoms with Gasteiger partial charge in [0.2, 0.25) is 0 Å². The van der Waals surface area contributed by atoms with Crippen LogP contribution < -0.4 is 4.74 Å². The Morgan fingerprint density at radius 2 is 1.94 bits per heavy atom. The number of ether oxygens (including phenoxy) is 1. The second kappa shape index (κ2) is 5.62. The summed E-state index contributed by atoms with van der Waals surface area (Å²) in [5, 5.41) is 0. The van der Waals surface area contributed by atoms with Crippen molar-refractivity contribution in [3.63, 3.8) is 0 Å².